The van der Waals surface area contributed by atoms with Gasteiger partial charge in [0.1, 0.15) is 5.75 Å². The van der Waals surface area contributed by atoms with Crippen molar-refractivity contribution >= 4 is 23.8 Å². The fourth-order valence-corrected chi connectivity index (χ4v) is 7.13. The molecule has 0 unspecified atom stereocenters. The fraction of sp³-hybridized carbons (Fsp3) is 0.806. The van der Waals surface area contributed by atoms with Crippen LogP contribution < -0.4 is 14.5 Å². The molecule has 0 radical (unpaired) electrons. The number of halogens is 1. The monoisotopic (exact) mass is 549 g/mol. The van der Waals surface area contributed by atoms with Gasteiger partial charge in [0.2, 0.25) is 0 Å². The van der Waals surface area contributed by atoms with E-state index >= 15 is 0 Å². The lowest BCUT2D eigenvalue weighted by atomic mass is 9.68. The normalized spacial score (nSPS) is 26.2. The van der Waals surface area contributed by atoms with E-state index in [2.05, 4.69) is 47.6 Å². The molecular weight excluding hydrogens is 498 g/mol. The summed E-state index contributed by atoms with van der Waals surface area (Å²) in [5, 5.41) is 0. The summed E-state index contributed by atoms with van der Waals surface area (Å²) in [5.41, 5.74) is 4.67. The molecule has 0 aromatic heterocycles. The van der Waals surface area contributed by atoms with E-state index in [1.807, 2.05) is 7.11 Å². The molecule has 0 amide bonds. The zero-order valence-electron chi connectivity index (χ0n) is 24.4. The summed E-state index contributed by atoms with van der Waals surface area (Å²) in [5.74, 6) is 3.30. The Balaban J connectivity index is 0.00000336. The second kappa shape index (κ2) is 13.4. The number of benzene rings is 1. The van der Waals surface area contributed by atoms with Crippen molar-refractivity contribution in [1.82, 2.24) is 4.90 Å². The van der Waals surface area contributed by atoms with E-state index in [1.54, 1.807) is 5.56 Å². The third-order valence-corrected chi connectivity index (χ3v) is 9.64. The van der Waals surface area contributed by atoms with E-state index in [0.29, 0.717) is 11.3 Å². The number of ether oxygens (including phenoxy) is 3. The van der Waals surface area contributed by atoms with Gasteiger partial charge in [0.25, 0.3) is 0 Å². The van der Waals surface area contributed by atoms with Crippen LogP contribution in [-0.2, 0) is 9.47 Å². The number of anilines is 2. The molecule has 7 heteroatoms. The van der Waals surface area contributed by atoms with Gasteiger partial charge in [-0.25, -0.2) is 0 Å². The van der Waals surface area contributed by atoms with Crippen LogP contribution in [0.25, 0.3) is 0 Å². The zero-order chi connectivity index (χ0) is 25.8. The van der Waals surface area contributed by atoms with Gasteiger partial charge >= 0.3 is 0 Å². The minimum atomic E-state index is 0. The van der Waals surface area contributed by atoms with Crippen LogP contribution in [0, 0.1) is 17.3 Å². The molecule has 1 aromatic rings. The summed E-state index contributed by atoms with van der Waals surface area (Å²) >= 11 is 0. The maximum Gasteiger partial charge on any atom is 0.144 e. The van der Waals surface area contributed by atoms with Crippen LogP contribution in [-0.4, -0.2) is 84.3 Å². The number of nitrogens with zero attached hydrogens (tertiary/aromatic N) is 3. The minimum Gasteiger partial charge on any atom is -0.495 e. The van der Waals surface area contributed by atoms with Gasteiger partial charge in [-0.05, 0) is 73.3 Å². The van der Waals surface area contributed by atoms with E-state index in [-0.39, 0.29) is 12.4 Å². The van der Waals surface area contributed by atoms with Crippen molar-refractivity contribution in [3.05, 3.63) is 17.7 Å². The third-order valence-electron chi connectivity index (χ3n) is 9.64. The second-order valence-corrected chi connectivity index (χ2v) is 12.9. The fourth-order valence-electron chi connectivity index (χ4n) is 7.13. The van der Waals surface area contributed by atoms with Crippen LogP contribution >= 0.6 is 12.4 Å². The van der Waals surface area contributed by atoms with Crippen LogP contribution in [0.15, 0.2) is 12.1 Å². The smallest absolute Gasteiger partial charge is 0.144 e. The predicted molar refractivity (Wildman–Crippen MR) is 160 cm³/mol. The van der Waals surface area contributed by atoms with Crippen molar-refractivity contribution in [3.63, 3.8) is 0 Å². The Hall–Kier alpha value is -1.21. The molecule has 0 bridgehead atoms. The molecule has 0 N–H and O–H groups in total. The van der Waals surface area contributed by atoms with E-state index in [4.69, 9.17) is 14.2 Å². The van der Waals surface area contributed by atoms with Gasteiger partial charge in [-0.2, -0.15) is 0 Å². The Kier molecular flexibility index (Phi) is 10.5. The van der Waals surface area contributed by atoms with Gasteiger partial charge in [-0.3, -0.25) is 4.90 Å². The Bertz CT molecular complexity index is 864. The summed E-state index contributed by atoms with van der Waals surface area (Å²) in [7, 11) is 1.84. The number of hydrogen-bond donors (Lipinski definition) is 0. The summed E-state index contributed by atoms with van der Waals surface area (Å²) in [6.45, 7) is 18.4. The lowest BCUT2D eigenvalue weighted by molar-refractivity contribution is 0.0517. The molecule has 1 aliphatic carbocycles. The molecule has 38 heavy (non-hydrogen) atoms. The minimum absolute atomic E-state index is 0. The van der Waals surface area contributed by atoms with Crippen molar-refractivity contribution in [3.8, 4) is 5.75 Å². The van der Waals surface area contributed by atoms with Crippen LogP contribution in [0.5, 0.6) is 5.75 Å². The Morgan fingerprint density at radius 1 is 0.763 bits per heavy atom. The summed E-state index contributed by atoms with van der Waals surface area (Å²) in [4.78, 5) is 7.83. The summed E-state index contributed by atoms with van der Waals surface area (Å²) in [6, 6.07) is 4.89. The van der Waals surface area contributed by atoms with E-state index in [1.165, 1.54) is 56.4 Å². The van der Waals surface area contributed by atoms with Gasteiger partial charge in [-0.15, -0.1) is 12.4 Å². The van der Waals surface area contributed by atoms with Crippen molar-refractivity contribution in [2.24, 2.45) is 17.3 Å². The number of hydrogen-bond acceptors (Lipinski definition) is 6. The molecule has 3 heterocycles. The highest BCUT2D eigenvalue weighted by Crippen LogP contribution is 2.48. The van der Waals surface area contributed by atoms with Gasteiger partial charge in [0, 0.05) is 70.8 Å². The molecule has 6 nitrogen and oxygen atoms in total. The lowest BCUT2D eigenvalue weighted by Gasteiger charge is -2.42. The van der Waals surface area contributed by atoms with Crippen molar-refractivity contribution < 1.29 is 14.2 Å². The van der Waals surface area contributed by atoms with Crippen LogP contribution in [0.3, 0.4) is 0 Å². The first-order valence-corrected chi connectivity index (χ1v) is 15.0. The molecule has 0 atom stereocenters. The average molecular weight is 550 g/mol. The van der Waals surface area contributed by atoms with Gasteiger partial charge in [0.05, 0.1) is 26.0 Å². The van der Waals surface area contributed by atoms with Crippen LogP contribution in [0.4, 0.5) is 11.4 Å². The molecule has 0 spiro atoms. The summed E-state index contributed by atoms with van der Waals surface area (Å²) in [6.07, 6.45) is 7.72. The molecule has 3 saturated heterocycles. The average Bonchev–Trinajstić information content (AvgIpc) is 2.93. The second-order valence-electron chi connectivity index (χ2n) is 12.9. The molecule has 3 aliphatic heterocycles. The van der Waals surface area contributed by atoms with Gasteiger partial charge in [-0.1, -0.05) is 20.8 Å². The maximum atomic E-state index is 6.02. The summed E-state index contributed by atoms with van der Waals surface area (Å²) < 4.78 is 17.3. The van der Waals surface area contributed by atoms with Gasteiger partial charge in [0.15, 0.2) is 0 Å². The zero-order valence-corrected chi connectivity index (χ0v) is 25.2. The van der Waals surface area contributed by atoms with Crippen LogP contribution in [0.1, 0.15) is 70.8 Å². The highest BCUT2D eigenvalue weighted by Gasteiger charge is 2.33. The number of piperazine rings is 1. The molecule has 4 aliphatic rings. The highest BCUT2D eigenvalue weighted by atomic mass is 35.5. The van der Waals surface area contributed by atoms with E-state index in [0.717, 1.165) is 83.3 Å². The number of rotatable bonds is 6. The highest BCUT2D eigenvalue weighted by molar-refractivity contribution is 5.85. The van der Waals surface area contributed by atoms with Crippen molar-refractivity contribution in [2.45, 2.75) is 65.2 Å². The number of morpholine rings is 1. The molecule has 216 valence electrons. The first-order chi connectivity index (χ1) is 17.9. The molecule has 1 saturated carbocycles. The molecule has 4 fully saturated rings. The quantitative estimate of drug-likeness (QED) is 0.445. The van der Waals surface area contributed by atoms with Gasteiger partial charge < -0.3 is 24.0 Å². The molecule has 1 aromatic carbocycles. The van der Waals surface area contributed by atoms with E-state index < -0.39 is 0 Å². The first-order valence-electron chi connectivity index (χ1n) is 15.0. The van der Waals surface area contributed by atoms with Crippen molar-refractivity contribution in [2.75, 3.05) is 89.2 Å². The number of methoxy groups -OCH3 is 1. The Morgan fingerprint density at radius 2 is 1.37 bits per heavy atom. The van der Waals surface area contributed by atoms with Crippen molar-refractivity contribution in [1.29, 1.82) is 0 Å². The predicted octanol–water partition coefficient (Wildman–Crippen LogP) is 5.82. The standard InChI is InChI=1S/C31H51N3O3.ClH/c1-31(2,3)26-7-5-25(6-8-26)27-21-29(34-15-19-37-20-16-34)30(35-4)22-28(27)33-13-11-32(12-14-33)23-24-9-17-36-18-10-24;/h21-22,24-26H,5-20,23H2,1-4H3;1H. The SMILES string of the molecule is COc1cc(N2CCN(CC3CCOCC3)CC2)c(C2CCC(C(C)(C)C)CC2)cc1N1CCOCC1.Cl. The molecular formula is C31H52ClN3O3. The van der Waals surface area contributed by atoms with E-state index in [9.17, 15) is 0 Å². The largest absolute Gasteiger partial charge is 0.495 e. The Labute approximate surface area is 237 Å². The maximum absolute atomic E-state index is 6.02. The Morgan fingerprint density at radius 3 is 1.97 bits per heavy atom. The lowest BCUT2D eigenvalue weighted by Crippen LogP contribution is -2.48. The first kappa shape index (κ1) is 29.8. The third kappa shape index (κ3) is 7.10. The molecule has 5 rings (SSSR count). The van der Waals surface area contributed by atoms with Crippen LogP contribution in [0.2, 0.25) is 0 Å². The topological polar surface area (TPSA) is 37.4 Å².